The molecule has 0 amide bonds. The predicted molar refractivity (Wildman–Crippen MR) is 74.8 cm³/mol. The number of hydrogen-bond acceptors (Lipinski definition) is 2. The second-order valence-electron chi connectivity index (χ2n) is 7.43. The molecule has 0 radical (unpaired) electrons. The molecule has 4 nitrogen and oxygen atoms in total. The Balaban J connectivity index is 1.81. The van der Waals surface area contributed by atoms with Gasteiger partial charge in [0.15, 0.2) is 0 Å². The summed E-state index contributed by atoms with van der Waals surface area (Å²) >= 11 is 0. The van der Waals surface area contributed by atoms with Gasteiger partial charge in [-0.1, -0.05) is 0 Å². The van der Waals surface area contributed by atoms with Gasteiger partial charge >= 0.3 is 5.97 Å². The topological polar surface area (TPSA) is 55.1 Å². The lowest BCUT2D eigenvalue weighted by atomic mass is 9.49. The van der Waals surface area contributed by atoms with E-state index in [1.807, 2.05) is 18.5 Å². The van der Waals surface area contributed by atoms with Gasteiger partial charge in [0.05, 0.1) is 5.69 Å². The largest absolute Gasteiger partial charge is 0.477 e. The normalized spacial score (nSPS) is 38.4. The zero-order valence-corrected chi connectivity index (χ0v) is 12.2. The number of nitrogens with zero attached hydrogens (tertiary/aromatic N) is 2. The first-order valence-electron chi connectivity index (χ1n) is 7.75. The highest BCUT2D eigenvalue weighted by molar-refractivity contribution is 5.87. The van der Waals surface area contributed by atoms with E-state index in [9.17, 15) is 9.90 Å². The number of imidazole rings is 1. The van der Waals surface area contributed by atoms with Gasteiger partial charge in [0.2, 0.25) is 0 Å². The van der Waals surface area contributed by atoms with Gasteiger partial charge in [0, 0.05) is 12.5 Å². The van der Waals surface area contributed by atoms with E-state index in [0.29, 0.717) is 11.4 Å². The quantitative estimate of drug-likeness (QED) is 0.902. The van der Waals surface area contributed by atoms with E-state index in [0.717, 1.165) is 23.6 Å². The number of carbonyl (C=O) groups is 1. The molecule has 0 unspecified atom stereocenters. The van der Waals surface area contributed by atoms with Crippen molar-refractivity contribution in [2.24, 2.45) is 24.8 Å². The lowest BCUT2D eigenvalue weighted by Gasteiger charge is -2.56. The van der Waals surface area contributed by atoms with Crippen molar-refractivity contribution in [3.05, 3.63) is 17.2 Å². The Labute approximate surface area is 119 Å². The fourth-order valence-corrected chi connectivity index (χ4v) is 5.79. The summed E-state index contributed by atoms with van der Waals surface area (Å²) in [5.41, 5.74) is 1.21. The molecule has 4 heteroatoms. The SMILES string of the molecule is Cc1nc(C23CC4CC(CC(C4)C2)C3)n(C)c1C(=O)O. The van der Waals surface area contributed by atoms with E-state index in [1.54, 1.807) is 0 Å². The number of hydrogen-bond donors (Lipinski definition) is 1. The van der Waals surface area contributed by atoms with Gasteiger partial charge < -0.3 is 9.67 Å². The molecule has 0 saturated heterocycles. The number of aromatic nitrogens is 2. The molecule has 4 bridgehead atoms. The average molecular weight is 274 g/mol. The molecular formula is C16H22N2O2. The Kier molecular flexibility index (Phi) is 2.40. The molecule has 20 heavy (non-hydrogen) atoms. The number of carboxylic acid groups (broad SMARTS) is 1. The van der Waals surface area contributed by atoms with Crippen LogP contribution in [0.5, 0.6) is 0 Å². The Morgan fingerprint density at radius 1 is 1.20 bits per heavy atom. The van der Waals surface area contributed by atoms with E-state index in [4.69, 9.17) is 4.98 Å². The van der Waals surface area contributed by atoms with Crippen molar-refractivity contribution in [1.29, 1.82) is 0 Å². The molecule has 4 aliphatic rings. The zero-order valence-electron chi connectivity index (χ0n) is 12.2. The fourth-order valence-electron chi connectivity index (χ4n) is 5.79. The van der Waals surface area contributed by atoms with Crippen LogP contribution < -0.4 is 0 Å². The summed E-state index contributed by atoms with van der Waals surface area (Å²) in [5, 5.41) is 9.38. The molecule has 4 saturated carbocycles. The first kappa shape index (κ1) is 12.4. The highest BCUT2D eigenvalue weighted by Crippen LogP contribution is 2.60. The van der Waals surface area contributed by atoms with Crippen molar-refractivity contribution in [3.63, 3.8) is 0 Å². The van der Waals surface area contributed by atoms with E-state index in [2.05, 4.69) is 0 Å². The van der Waals surface area contributed by atoms with Crippen molar-refractivity contribution < 1.29 is 9.90 Å². The second kappa shape index (κ2) is 3.86. The predicted octanol–water partition coefficient (Wildman–Crippen LogP) is 2.89. The van der Waals surface area contributed by atoms with Gasteiger partial charge in [-0.05, 0) is 63.2 Å². The van der Waals surface area contributed by atoms with Gasteiger partial charge in [0.25, 0.3) is 0 Å². The lowest BCUT2D eigenvalue weighted by molar-refractivity contribution is -0.0107. The van der Waals surface area contributed by atoms with Crippen molar-refractivity contribution in [3.8, 4) is 0 Å². The minimum absolute atomic E-state index is 0.169. The number of aromatic carboxylic acids is 1. The first-order valence-corrected chi connectivity index (χ1v) is 7.75. The van der Waals surface area contributed by atoms with Crippen molar-refractivity contribution >= 4 is 5.97 Å². The molecule has 0 aliphatic heterocycles. The maximum atomic E-state index is 11.4. The van der Waals surface area contributed by atoms with Crippen molar-refractivity contribution in [2.75, 3.05) is 0 Å². The third-order valence-electron chi connectivity index (χ3n) is 5.98. The van der Waals surface area contributed by atoms with Crippen molar-refractivity contribution in [2.45, 2.75) is 50.9 Å². The molecule has 4 aliphatic carbocycles. The van der Waals surface area contributed by atoms with Crippen LogP contribution in [0.1, 0.15) is 60.5 Å². The highest BCUT2D eigenvalue weighted by atomic mass is 16.4. The van der Waals surface area contributed by atoms with Crippen LogP contribution in [-0.2, 0) is 12.5 Å². The molecule has 5 rings (SSSR count). The highest BCUT2D eigenvalue weighted by Gasteiger charge is 2.53. The molecule has 0 atom stereocenters. The minimum atomic E-state index is -0.853. The van der Waals surface area contributed by atoms with E-state index in [-0.39, 0.29) is 5.41 Å². The summed E-state index contributed by atoms with van der Waals surface area (Å²) in [4.78, 5) is 16.1. The summed E-state index contributed by atoms with van der Waals surface area (Å²) in [6.45, 7) is 1.83. The van der Waals surface area contributed by atoms with Gasteiger partial charge in [-0.2, -0.15) is 0 Å². The molecule has 108 valence electrons. The molecule has 0 aromatic carbocycles. The Bertz CT molecular complexity index is 552. The van der Waals surface area contributed by atoms with Crippen LogP contribution in [0.2, 0.25) is 0 Å². The smallest absolute Gasteiger partial charge is 0.354 e. The standard InChI is InChI=1S/C16H22N2O2/c1-9-13(14(19)20)18(2)15(17-9)16-6-10-3-11(7-16)5-12(4-10)8-16/h10-12H,3-8H2,1-2H3,(H,19,20). The maximum absolute atomic E-state index is 11.4. The molecular weight excluding hydrogens is 252 g/mol. The number of aryl methyl sites for hydroxylation is 1. The van der Waals surface area contributed by atoms with Crippen LogP contribution in [0.4, 0.5) is 0 Å². The number of rotatable bonds is 2. The second-order valence-corrected chi connectivity index (χ2v) is 7.43. The molecule has 1 aromatic rings. The Morgan fingerprint density at radius 3 is 2.10 bits per heavy atom. The number of carboxylic acids is 1. The first-order chi connectivity index (χ1) is 9.48. The fraction of sp³-hybridized carbons (Fsp3) is 0.750. The van der Waals surface area contributed by atoms with E-state index < -0.39 is 5.97 Å². The average Bonchev–Trinajstić information content (AvgIpc) is 2.63. The molecule has 1 N–H and O–H groups in total. The summed E-state index contributed by atoms with van der Waals surface area (Å²) in [6.07, 6.45) is 7.87. The van der Waals surface area contributed by atoms with Crippen LogP contribution in [0, 0.1) is 24.7 Å². The van der Waals surface area contributed by atoms with Crippen LogP contribution in [0.15, 0.2) is 0 Å². The monoisotopic (exact) mass is 274 g/mol. The van der Waals surface area contributed by atoms with Gasteiger partial charge in [-0.15, -0.1) is 0 Å². The van der Waals surface area contributed by atoms with E-state index in [1.165, 1.54) is 38.5 Å². The van der Waals surface area contributed by atoms with E-state index >= 15 is 0 Å². The summed E-state index contributed by atoms with van der Waals surface area (Å²) < 4.78 is 1.87. The molecule has 0 spiro atoms. The third kappa shape index (κ3) is 1.54. The van der Waals surface area contributed by atoms with Crippen LogP contribution in [0.3, 0.4) is 0 Å². The minimum Gasteiger partial charge on any atom is -0.477 e. The maximum Gasteiger partial charge on any atom is 0.354 e. The van der Waals surface area contributed by atoms with Gasteiger partial charge in [-0.25, -0.2) is 9.78 Å². The van der Waals surface area contributed by atoms with Crippen LogP contribution in [-0.4, -0.2) is 20.6 Å². The zero-order chi connectivity index (χ0) is 14.1. The summed E-state index contributed by atoms with van der Waals surface area (Å²) in [5.74, 6) is 2.75. The lowest BCUT2D eigenvalue weighted by Crippen LogP contribution is -2.49. The Morgan fingerprint density at radius 2 is 1.70 bits per heavy atom. The summed E-state index contributed by atoms with van der Waals surface area (Å²) in [7, 11) is 1.89. The Hall–Kier alpha value is -1.32. The third-order valence-corrected chi connectivity index (χ3v) is 5.98. The van der Waals surface area contributed by atoms with Crippen molar-refractivity contribution in [1.82, 2.24) is 9.55 Å². The van der Waals surface area contributed by atoms with Crippen LogP contribution in [0.25, 0.3) is 0 Å². The summed E-state index contributed by atoms with van der Waals surface area (Å²) in [6, 6.07) is 0. The molecule has 1 aromatic heterocycles. The molecule has 4 fully saturated rings. The van der Waals surface area contributed by atoms with Gasteiger partial charge in [-0.3, -0.25) is 0 Å². The molecule has 1 heterocycles. The van der Waals surface area contributed by atoms with Crippen LogP contribution >= 0.6 is 0 Å². The van der Waals surface area contributed by atoms with Gasteiger partial charge in [0.1, 0.15) is 11.5 Å².